The summed E-state index contributed by atoms with van der Waals surface area (Å²) in [4.78, 5) is 31.7. The summed E-state index contributed by atoms with van der Waals surface area (Å²) >= 11 is 7.51. The van der Waals surface area contributed by atoms with Crippen LogP contribution in [0.4, 0.5) is 0 Å². The molecule has 1 aliphatic rings. The first-order valence-corrected chi connectivity index (χ1v) is 10.5. The van der Waals surface area contributed by atoms with Crippen molar-refractivity contribution in [2.24, 2.45) is 5.92 Å². The minimum atomic E-state index is 0.0247. The zero-order valence-corrected chi connectivity index (χ0v) is 17.0. The van der Waals surface area contributed by atoms with Gasteiger partial charge in [0.15, 0.2) is 0 Å². The molecule has 1 fully saturated rings. The minimum absolute atomic E-state index is 0.0247. The Kier molecular flexibility index (Phi) is 6.85. The van der Waals surface area contributed by atoms with E-state index < -0.39 is 0 Å². The molecule has 1 atom stereocenters. The number of benzene rings is 1. The standard InChI is InChI=1S/C20H24ClN3O2S/c1-14-19(27-13-23-14)20(26)24-10-4-5-15(12-24)8-9-18(25)22-11-16-6-2-3-7-17(16)21/h2-3,6-7,13,15H,4-5,8-12H2,1H3,(H,22,25)/t15-/m1/s1. The van der Waals surface area contributed by atoms with Gasteiger partial charge in [-0.3, -0.25) is 9.59 Å². The van der Waals surface area contributed by atoms with Crippen molar-refractivity contribution in [2.75, 3.05) is 13.1 Å². The van der Waals surface area contributed by atoms with E-state index in [-0.39, 0.29) is 11.8 Å². The fourth-order valence-electron chi connectivity index (χ4n) is 3.40. The molecule has 5 nitrogen and oxygen atoms in total. The van der Waals surface area contributed by atoms with Crippen LogP contribution < -0.4 is 5.32 Å². The largest absolute Gasteiger partial charge is 0.352 e. The zero-order chi connectivity index (χ0) is 19.2. The van der Waals surface area contributed by atoms with Crippen LogP contribution in [0, 0.1) is 12.8 Å². The number of piperidine rings is 1. The summed E-state index contributed by atoms with van der Waals surface area (Å²) in [6.45, 7) is 3.81. The normalized spacial score (nSPS) is 17.0. The van der Waals surface area contributed by atoms with Crippen molar-refractivity contribution in [3.8, 4) is 0 Å². The summed E-state index contributed by atoms with van der Waals surface area (Å²) in [6, 6.07) is 7.51. The summed E-state index contributed by atoms with van der Waals surface area (Å²) in [5.74, 6) is 0.460. The van der Waals surface area contributed by atoms with Gasteiger partial charge in [-0.05, 0) is 43.7 Å². The molecule has 0 bridgehead atoms. The highest BCUT2D eigenvalue weighted by Gasteiger charge is 2.26. The molecule has 2 amide bonds. The number of carbonyl (C=O) groups is 2. The van der Waals surface area contributed by atoms with Gasteiger partial charge >= 0.3 is 0 Å². The number of likely N-dealkylation sites (tertiary alicyclic amines) is 1. The molecule has 2 aromatic rings. The van der Waals surface area contributed by atoms with Gasteiger partial charge in [-0.2, -0.15) is 0 Å². The summed E-state index contributed by atoms with van der Waals surface area (Å²) in [7, 11) is 0. The second kappa shape index (κ2) is 9.33. The van der Waals surface area contributed by atoms with E-state index in [1.165, 1.54) is 11.3 Å². The molecule has 0 radical (unpaired) electrons. The Morgan fingerprint density at radius 2 is 2.19 bits per heavy atom. The number of halogens is 1. The molecule has 2 heterocycles. The van der Waals surface area contributed by atoms with Crippen LogP contribution in [0.15, 0.2) is 29.8 Å². The highest BCUT2D eigenvalue weighted by Crippen LogP contribution is 2.24. The van der Waals surface area contributed by atoms with Crippen LogP contribution in [-0.2, 0) is 11.3 Å². The molecule has 0 unspecified atom stereocenters. The molecule has 0 spiro atoms. The molecule has 7 heteroatoms. The van der Waals surface area contributed by atoms with Gasteiger partial charge in [-0.15, -0.1) is 11.3 Å². The molecule has 27 heavy (non-hydrogen) atoms. The number of carbonyl (C=O) groups excluding carboxylic acids is 2. The summed E-state index contributed by atoms with van der Waals surface area (Å²) < 4.78 is 0. The summed E-state index contributed by atoms with van der Waals surface area (Å²) in [5, 5.41) is 3.60. The number of thiazole rings is 1. The van der Waals surface area contributed by atoms with Gasteiger partial charge in [0.05, 0.1) is 11.2 Å². The molecule has 1 aromatic carbocycles. The maximum atomic E-state index is 12.7. The van der Waals surface area contributed by atoms with Gasteiger partial charge in [-0.1, -0.05) is 29.8 Å². The van der Waals surface area contributed by atoms with Crippen molar-refractivity contribution in [3.63, 3.8) is 0 Å². The highest BCUT2D eigenvalue weighted by atomic mass is 35.5. The van der Waals surface area contributed by atoms with Crippen molar-refractivity contribution >= 4 is 34.8 Å². The van der Waals surface area contributed by atoms with Crippen molar-refractivity contribution in [2.45, 2.75) is 39.2 Å². The maximum Gasteiger partial charge on any atom is 0.265 e. The Morgan fingerprint density at radius 1 is 1.37 bits per heavy atom. The molecular formula is C20H24ClN3O2S. The predicted molar refractivity (Wildman–Crippen MR) is 108 cm³/mol. The molecule has 144 valence electrons. The predicted octanol–water partition coefficient (Wildman–Crippen LogP) is 4.05. The lowest BCUT2D eigenvalue weighted by Crippen LogP contribution is -2.40. The van der Waals surface area contributed by atoms with Crippen LogP contribution in [-0.4, -0.2) is 34.8 Å². The lowest BCUT2D eigenvalue weighted by Gasteiger charge is -2.32. The third-order valence-corrected chi connectivity index (χ3v) is 6.24. The van der Waals surface area contributed by atoms with Crippen molar-refractivity contribution < 1.29 is 9.59 Å². The van der Waals surface area contributed by atoms with E-state index in [1.807, 2.05) is 36.1 Å². The van der Waals surface area contributed by atoms with Gasteiger partial charge in [0.25, 0.3) is 5.91 Å². The third-order valence-electron chi connectivity index (χ3n) is 4.96. The summed E-state index contributed by atoms with van der Waals surface area (Å²) in [6.07, 6.45) is 3.30. The van der Waals surface area contributed by atoms with E-state index in [4.69, 9.17) is 11.6 Å². The molecule has 0 aliphatic carbocycles. The van der Waals surface area contributed by atoms with Crippen molar-refractivity contribution in [1.29, 1.82) is 0 Å². The summed E-state index contributed by atoms with van der Waals surface area (Å²) in [5.41, 5.74) is 3.43. The number of aromatic nitrogens is 1. The van der Waals surface area contributed by atoms with Gasteiger partial charge in [0, 0.05) is 31.1 Å². The van der Waals surface area contributed by atoms with E-state index in [1.54, 1.807) is 5.51 Å². The number of amides is 2. The van der Waals surface area contributed by atoms with Crippen LogP contribution in [0.1, 0.15) is 46.6 Å². The Labute approximate surface area is 168 Å². The molecule has 0 saturated carbocycles. The molecular weight excluding hydrogens is 382 g/mol. The lowest BCUT2D eigenvalue weighted by molar-refractivity contribution is -0.121. The number of nitrogens with zero attached hydrogens (tertiary/aromatic N) is 2. The number of aryl methyl sites for hydroxylation is 1. The molecule has 1 N–H and O–H groups in total. The topological polar surface area (TPSA) is 62.3 Å². The van der Waals surface area contributed by atoms with E-state index >= 15 is 0 Å². The average molecular weight is 406 g/mol. The zero-order valence-electron chi connectivity index (χ0n) is 15.4. The average Bonchev–Trinajstić information content (AvgIpc) is 3.11. The minimum Gasteiger partial charge on any atom is -0.352 e. The Morgan fingerprint density at radius 3 is 2.93 bits per heavy atom. The second-order valence-electron chi connectivity index (χ2n) is 6.93. The molecule has 1 aromatic heterocycles. The fourth-order valence-corrected chi connectivity index (χ4v) is 4.37. The van der Waals surface area contributed by atoms with Gasteiger partial charge in [-0.25, -0.2) is 4.98 Å². The quantitative estimate of drug-likeness (QED) is 0.788. The highest BCUT2D eigenvalue weighted by molar-refractivity contribution is 7.11. The SMILES string of the molecule is Cc1ncsc1C(=O)N1CCC[C@H](CCC(=O)NCc2ccccc2Cl)C1. The number of rotatable bonds is 6. The monoisotopic (exact) mass is 405 g/mol. The van der Waals surface area contributed by atoms with Crippen LogP contribution >= 0.6 is 22.9 Å². The first-order chi connectivity index (χ1) is 13.0. The van der Waals surface area contributed by atoms with Crippen LogP contribution in [0.3, 0.4) is 0 Å². The number of hydrogen-bond acceptors (Lipinski definition) is 4. The smallest absolute Gasteiger partial charge is 0.265 e. The van der Waals surface area contributed by atoms with E-state index in [0.29, 0.717) is 30.5 Å². The Balaban J connectivity index is 1.45. The first-order valence-electron chi connectivity index (χ1n) is 9.24. The van der Waals surface area contributed by atoms with E-state index in [9.17, 15) is 9.59 Å². The first kappa shape index (κ1) is 19.8. The van der Waals surface area contributed by atoms with Crippen LogP contribution in [0.25, 0.3) is 0 Å². The number of hydrogen-bond donors (Lipinski definition) is 1. The molecule has 3 rings (SSSR count). The molecule has 1 aliphatic heterocycles. The number of nitrogens with one attached hydrogen (secondary N) is 1. The Bertz CT molecular complexity index is 808. The van der Waals surface area contributed by atoms with Crippen LogP contribution in [0.5, 0.6) is 0 Å². The van der Waals surface area contributed by atoms with E-state index in [2.05, 4.69) is 10.3 Å². The van der Waals surface area contributed by atoms with Gasteiger partial charge in [0.1, 0.15) is 4.88 Å². The van der Waals surface area contributed by atoms with Gasteiger partial charge in [0.2, 0.25) is 5.91 Å². The molecule has 1 saturated heterocycles. The maximum absolute atomic E-state index is 12.7. The second-order valence-corrected chi connectivity index (χ2v) is 8.20. The Hall–Kier alpha value is -1.92. The van der Waals surface area contributed by atoms with Crippen molar-refractivity contribution in [3.05, 3.63) is 50.9 Å². The lowest BCUT2D eigenvalue weighted by atomic mass is 9.93. The third kappa shape index (κ3) is 5.30. The van der Waals surface area contributed by atoms with Crippen LogP contribution in [0.2, 0.25) is 5.02 Å². The fraction of sp³-hybridized carbons (Fsp3) is 0.450. The van der Waals surface area contributed by atoms with E-state index in [0.717, 1.165) is 41.9 Å². The van der Waals surface area contributed by atoms with Gasteiger partial charge < -0.3 is 10.2 Å². The van der Waals surface area contributed by atoms with Crippen molar-refractivity contribution in [1.82, 2.24) is 15.2 Å².